The number of hydrogen-bond acceptors (Lipinski definition) is 10. The Balaban J connectivity index is 1.38. The maximum Gasteiger partial charge on any atom is 0.494 e. The number of carbonyl (C=O) groups excluding carboxylic acids is 1. The van der Waals surface area contributed by atoms with Crippen molar-refractivity contribution < 1.29 is 47.1 Å². The van der Waals surface area contributed by atoms with E-state index in [0.717, 1.165) is 38.7 Å². The molecule has 12 heteroatoms. The summed E-state index contributed by atoms with van der Waals surface area (Å²) in [5.41, 5.74) is 4.74. The summed E-state index contributed by atoms with van der Waals surface area (Å²) >= 11 is 0. The first kappa shape index (κ1) is 40.4. The van der Waals surface area contributed by atoms with Crippen LogP contribution >= 0.6 is 0 Å². The summed E-state index contributed by atoms with van der Waals surface area (Å²) in [7, 11) is 0.551. The third-order valence-corrected chi connectivity index (χ3v) is 11.8. The van der Waals surface area contributed by atoms with Crippen LogP contribution in [-0.2, 0) is 43.0 Å². The minimum absolute atomic E-state index is 0.229. The largest absolute Gasteiger partial charge is 0.494 e. The molecule has 0 saturated carbocycles. The van der Waals surface area contributed by atoms with Gasteiger partial charge in [-0.25, -0.2) is 4.79 Å². The fourth-order valence-corrected chi connectivity index (χ4v) is 7.14. The summed E-state index contributed by atoms with van der Waals surface area (Å²) in [6.45, 7) is 23.2. The molecule has 0 spiro atoms. The fraction of sp³-hybridized carbons (Fsp3) is 0.548. The van der Waals surface area contributed by atoms with Crippen molar-refractivity contribution in [2.24, 2.45) is 0 Å². The Kier molecular flexibility index (Phi) is 11.5. The topological polar surface area (TPSA) is 100 Å². The lowest BCUT2D eigenvalue weighted by molar-refractivity contribution is 0.00578. The molecule has 3 aliphatic rings. The fourth-order valence-electron chi connectivity index (χ4n) is 7.14. The van der Waals surface area contributed by atoms with Gasteiger partial charge in [0.1, 0.15) is 17.9 Å². The van der Waals surface area contributed by atoms with Crippen LogP contribution in [0.1, 0.15) is 96.3 Å². The Morgan fingerprint density at radius 2 is 1.07 bits per heavy atom. The zero-order chi connectivity index (χ0) is 39.1. The first-order valence-corrected chi connectivity index (χ1v) is 19.0. The van der Waals surface area contributed by atoms with E-state index in [1.807, 2.05) is 18.2 Å². The van der Waals surface area contributed by atoms with Crippen molar-refractivity contribution in [3.63, 3.8) is 0 Å². The minimum atomic E-state index is -0.713. The van der Waals surface area contributed by atoms with Crippen molar-refractivity contribution in [2.45, 2.75) is 97.1 Å². The van der Waals surface area contributed by atoms with Crippen LogP contribution in [0.15, 0.2) is 54.6 Å². The van der Waals surface area contributed by atoms with Crippen LogP contribution < -0.4 is 15.7 Å². The number of esters is 1. The van der Waals surface area contributed by atoms with Crippen LogP contribution in [0.3, 0.4) is 0 Å². The molecule has 3 aromatic rings. The van der Waals surface area contributed by atoms with Crippen molar-refractivity contribution in [3.05, 3.63) is 76.9 Å². The van der Waals surface area contributed by atoms with Crippen LogP contribution in [0.5, 0.6) is 5.75 Å². The average molecular weight is 743 g/mol. The van der Waals surface area contributed by atoms with Gasteiger partial charge < -0.3 is 42.3 Å². The van der Waals surface area contributed by atoms with Crippen LogP contribution in [0.25, 0.3) is 11.1 Å². The number of rotatable bonds is 15. The van der Waals surface area contributed by atoms with Gasteiger partial charge in [-0.2, -0.15) is 0 Å². The molecule has 0 amide bonds. The van der Waals surface area contributed by atoms with Crippen LogP contribution in [0, 0.1) is 0 Å². The highest BCUT2D eigenvalue weighted by molar-refractivity contribution is 6.62. The van der Waals surface area contributed by atoms with Gasteiger partial charge in [0.05, 0.1) is 62.0 Å². The number of ether oxygens (including phenoxy) is 5. The summed E-state index contributed by atoms with van der Waals surface area (Å²) in [6.07, 6.45) is 0. The second-order valence-electron chi connectivity index (χ2n) is 16.4. The lowest BCUT2D eigenvalue weighted by Gasteiger charge is -2.32. The molecule has 54 heavy (non-hydrogen) atoms. The lowest BCUT2D eigenvalue weighted by atomic mass is 9.69. The molecule has 290 valence electrons. The van der Waals surface area contributed by atoms with Crippen molar-refractivity contribution in [1.82, 2.24) is 0 Å². The number of carbonyl (C=O) groups is 1. The molecule has 2 fully saturated rings. The van der Waals surface area contributed by atoms with Gasteiger partial charge in [0.15, 0.2) is 0 Å². The highest BCUT2D eigenvalue weighted by Crippen LogP contribution is 2.53. The second-order valence-corrected chi connectivity index (χ2v) is 16.4. The van der Waals surface area contributed by atoms with Crippen molar-refractivity contribution in [3.8, 4) is 16.9 Å². The van der Waals surface area contributed by atoms with E-state index in [2.05, 4.69) is 98.7 Å². The Bertz CT molecular complexity index is 1720. The van der Waals surface area contributed by atoms with E-state index in [1.165, 1.54) is 0 Å². The molecule has 0 aromatic heterocycles. The van der Waals surface area contributed by atoms with Crippen molar-refractivity contribution in [2.75, 3.05) is 53.4 Å². The van der Waals surface area contributed by atoms with Crippen LogP contribution in [-0.4, -0.2) is 96.0 Å². The van der Waals surface area contributed by atoms with E-state index < -0.39 is 48.0 Å². The molecule has 0 radical (unpaired) electrons. The zero-order valence-electron chi connectivity index (χ0n) is 33.9. The molecule has 10 nitrogen and oxygen atoms in total. The zero-order valence-corrected chi connectivity index (χ0v) is 33.9. The molecule has 6 rings (SSSR count). The normalized spacial score (nSPS) is 19.8. The SMILES string of the molecule is CCOC(=O)c1cc(C2(C)c3cc(B4OC(C)(C)C(C)(C)O4)ccc3-c3ccc(B4OC(C)(C)C(C)(C)O4)cc32)ccc1OCCOCCOCCOC. The van der Waals surface area contributed by atoms with Crippen LogP contribution in [0.4, 0.5) is 0 Å². The van der Waals surface area contributed by atoms with Gasteiger partial charge in [-0.15, -0.1) is 0 Å². The van der Waals surface area contributed by atoms with Gasteiger partial charge in [-0.1, -0.05) is 42.5 Å². The molecule has 0 bridgehead atoms. The summed E-state index contributed by atoms with van der Waals surface area (Å²) in [5, 5.41) is 0. The minimum Gasteiger partial charge on any atom is -0.490 e. The Morgan fingerprint density at radius 1 is 0.611 bits per heavy atom. The first-order valence-electron chi connectivity index (χ1n) is 19.0. The van der Waals surface area contributed by atoms with Gasteiger partial charge >= 0.3 is 20.2 Å². The van der Waals surface area contributed by atoms with E-state index in [0.29, 0.717) is 44.3 Å². The predicted octanol–water partition coefficient (Wildman–Crippen LogP) is 5.85. The van der Waals surface area contributed by atoms with Crippen LogP contribution in [0.2, 0.25) is 0 Å². The van der Waals surface area contributed by atoms with Gasteiger partial charge in [0.2, 0.25) is 0 Å². The predicted molar refractivity (Wildman–Crippen MR) is 210 cm³/mol. The Labute approximate surface area is 321 Å². The molecule has 2 aliphatic heterocycles. The van der Waals surface area contributed by atoms with E-state index in [9.17, 15) is 4.79 Å². The molecule has 2 saturated heterocycles. The highest BCUT2D eigenvalue weighted by Gasteiger charge is 2.54. The Morgan fingerprint density at radius 3 is 1.54 bits per heavy atom. The average Bonchev–Trinajstić information content (AvgIpc) is 3.61. The summed E-state index contributed by atoms with van der Waals surface area (Å²) < 4.78 is 53.9. The summed E-state index contributed by atoms with van der Waals surface area (Å²) in [6, 6.07) is 18.7. The van der Waals surface area contributed by atoms with E-state index in [4.69, 9.17) is 42.3 Å². The summed E-state index contributed by atoms with van der Waals surface area (Å²) in [5.74, 6) is -0.0306. The van der Waals surface area contributed by atoms with Gasteiger partial charge in [0.25, 0.3) is 0 Å². The van der Waals surface area contributed by atoms with E-state index in [1.54, 1.807) is 14.0 Å². The second kappa shape index (κ2) is 15.4. The molecule has 1 aliphatic carbocycles. The molecule has 3 aromatic carbocycles. The quantitative estimate of drug-likeness (QED) is 0.107. The van der Waals surface area contributed by atoms with E-state index in [-0.39, 0.29) is 13.2 Å². The molecule has 2 heterocycles. The number of methoxy groups -OCH3 is 1. The first-order chi connectivity index (χ1) is 25.5. The Hall–Kier alpha value is -3.22. The molecule has 0 N–H and O–H groups in total. The molecule has 0 atom stereocenters. The molecule has 0 unspecified atom stereocenters. The molecular weight excluding hydrogens is 686 g/mol. The smallest absolute Gasteiger partial charge is 0.490 e. The monoisotopic (exact) mass is 742 g/mol. The van der Waals surface area contributed by atoms with Crippen molar-refractivity contribution >= 4 is 31.1 Å². The van der Waals surface area contributed by atoms with Gasteiger partial charge in [0, 0.05) is 12.5 Å². The molecular formula is C42H56B2O10. The third kappa shape index (κ3) is 7.51. The number of benzene rings is 3. The third-order valence-electron chi connectivity index (χ3n) is 11.8. The lowest BCUT2D eigenvalue weighted by Crippen LogP contribution is -2.41. The van der Waals surface area contributed by atoms with Gasteiger partial charge in [-0.3, -0.25) is 0 Å². The maximum absolute atomic E-state index is 13.6. The van der Waals surface area contributed by atoms with Crippen molar-refractivity contribution in [1.29, 1.82) is 0 Å². The standard InChI is InChI=1S/C42H56B2O10/c1-12-49-37(45)33-25-28(13-18-36(33)50-24-23-48-22-21-47-20-19-46-11)42(10)34-26-29(43-51-38(2,3)39(4,5)52-43)14-16-31(34)32-17-15-30(27-35(32)42)44-53-40(6,7)41(8,9)54-44/h13-18,25-27H,12,19-24H2,1-11H3. The summed E-state index contributed by atoms with van der Waals surface area (Å²) in [4.78, 5) is 13.6. The van der Waals surface area contributed by atoms with E-state index >= 15 is 0 Å². The highest BCUT2D eigenvalue weighted by atomic mass is 16.7. The number of hydrogen-bond donors (Lipinski definition) is 0. The van der Waals surface area contributed by atoms with Gasteiger partial charge in [-0.05, 0) is 120 Å². The maximum atomic E-state index is 13.6. The number of fused-ring (bicyclic) bond motifs is 3.